The molecule has 0 bridgehead atoms. The molecule has 0 aromatic heterocycles. The molecule has 0 aliphatic carbocycles. The fourth-order valence-electron chi connectivity index (χ4n) is 3.14. The van der Waals surface area contributed by atoms with E-state index in [1.807, 2.05) is 24.3 Å². The molecule has 0 saturated heterocycles. The summed E-state index contributed by atoms with van der Waals surface area (Å²) >= 11 is 0. The lowest BCUT2D eigenvalue weighted by molar-refractivity contribution is -0.145. The van der Waals surface area contributed by atoms with Crippen molar-refractivity contribution >= 4 is 51.6 Å². The van der Waals surface area contributed by atoms with Gasteiger partial charge in [-0.2, -0.15) is 0 Å². The predicted octanol–water partition coefficient (Wildman–Crippen LogP) is 3.20. The molecule has 0 radical (unpaired) electrons. The van der Waals surface area contributed by atoms with Gasteiger partial charge in [-0.15, -0.1) is 0 Å². The molecule has 0 saturated carbocycles. The van der Waals surface area contributed by atoms with Gasteiger partial charge in [0, 0.05) is 11.5 Å². The molecule has 2 aromatic rings. The summed E-state index contributed by atoms with van der Waals surface area (Å²) in [6.07, 6.45) is -1.62. The number of ether oxygens (including phenoxy) is 4. The van der Waals surface area contributed by atoms with E-state index in [-0.39, 0.29) is 44.5 Å². The largest absolute Gasteiger partial charge is 0.465 e. The molecule has 228 valence electrons. The highest BCUT2D eigenvalue weighted by Gasteiger charge is 2.26. The summed E-state index contributed by atoms with van der Waals surface area (Å²) in [5.41, 5.74) is 1.55. The zero-order chi connectivity index (χ0) is 30.6. The molecule has 0 unspecified atom stereocenters. The van der Waals surface area contributed by atoms with Gasteiger partial charge in [0.25, 0.3) is 0 Å². The first kappa shape index (κ1) is 34.3. The Balaban J connectivity index is 1.91. The predicted molar refractivity (Wildman–Crippen MR) is 158 cm³/mol. The smallest absolute Gasteiger partial charge is 0.408 e. The average Bonchev–Trinajstić information content (AvgIpc) is 3.00. The SMILES string of the molecule is CCOC(=O)CNC(=O)[C@@H](CSSC[C@H](NC(=O)OCc1ccccc1)C(=O)OCC)NC(=O)OCc1ccccc1. The molecule has 0 fully saturated rings. The lowest BCUT2D eigenvalue weighted by atomic mass is 10.2. The van der Waals surface area contributed by atoms with E-state index in [9.17, 15) is 24.0 Å². The fourth-order valence-corrected chi connectivity index (χ4v) is 5.45. The number of hydrogen-bond donors (Lipinski definition) is 3. The molecule has 0 aliphatic heterocycles. The maximum Gasteiger partial charge on any atom is 0.408 e. The number of benzene rings is 2. The Bertz CT molecular complexity index is 1140. The second-order valence-electron chi connectivity index (χ2n) is 8.36. The van der Waals surface area contributed by atoms with Crippen molar-refractivity contribution in [3.8, 4) is 0 Å². The van der Waals surface area contributed by atoms with Gasteiger partial charge in [0.2, 0.25) is 5.91 Å². The van der Waals surface area contributed by atoms with Crippen LogP contribution in [0, 0.1) is 0 Å². The first-order valence-corrected chi connectivity index (χ1v) is 15.6. The maximum atomic E-state index is 12.8. The number of rotatable bonds is 17. The molecule has 0 spiro atoms. The van der Waals surface area contributed by atoms with Crippen molar-refractivity contribution < 1.29 is 42.9 Å². The molecule has 0 heterocycles. The highest BCUT2D eigenvalue weighted by Crippen LogP contribution is 2.23. The van der Waals surface area contributed by atoms with E-state index in [0.29, 0.717) is 0 Å². The van der Waals surface area contributed by atoms with Crippen LogP contribution in [0.3, 0.4) is 0 Å². The van der Waals surface area contributed by atoms with Crippen LogP contribution < -0.4 is 16.0 Å². The molecular formula is C28H35N3O9S2. The number of alkyl carbamates (subject to hydrolysis) is 2. The Labute approximate surface area is 252 Å². The minimum Gasteiger partial charge on any atom is -0.465 e. The van der Waals surface area contributed by atoms with Crippen LogP contribution in [0.4, 0.5) is 9.59 Å². The number of carbonyl (C=O) groups is 5. The molecule has 0 aliphatic rings. The summed E-state index contributed by atoms with van der Waals surface area (Å²) < 4.78 is 20.3. The summed E-state index contributed by atoms with van der Waals surface area (Å²) in [5, 5.41) is 7.43. The van der Waals surface area contributed by atoms with Crippen LogP contribution in [0.15, 0.2) is 60.7 Å². The molecule has 2 atom stereocenters. The molecule has 12 nitrogen and oxygen atoms in total. The summed E-state index contributed by atoms with van der Waals surface area (Å²) in [5.74, 6) is -1.76. The van der Waals surface area contributed by atoms with Gasteiger partial charge in [-0.25, -0.2) is 14.4 Å². The molecule has 2 rings (SSSR count). The Morgan fingerprint density at radius 2 is 1.14 bits per heavy atom. The van der Waals surface area contributed by atoms with Crippen LogP contribution in [0.2, 0.25) is 0 Å². The minimum atomic E-state index is -1.08. The molecule has 14 heteroatoms. The van der Waals surface area contributed by atoms with Crippen molar-refractivity contribution in [3.63, 3.8) is 0 Å². The summed E-state index contributed by atoms with van der Waals surface area (Å²) in [6.45, 7) is 3.21. The molecule has 42 heavy (non-hydrogen) atoms. The second kappa shape index (κ2) is 20.0. The van der Waals surface area contributed by atoms with Gasteiger partial charge in [-0.1, -0.05) is 82.3 Å². The molecular weight excluding hydrogens is 586 g/mol. The first-order chi connectivity index (χ1) is 20.3. The molecule has 3 amide bonds. The van der Waals surface area contributed by atoms with Crippen molar-refractivity contribution in [2.45, 2.75) is 39.1 Å². The third-order valence-corrected chi connectivity index (χ3v) is 7.58. The van der Waals surface area contributed by atoms with E-state index in [4.69, 9.17) is 18.9 Å². The molecule has 3 N–H and O–H groups in total. The van der Waals surface area contributed by atoms with E-state index in [1.54, 1.807) is 50.2 Å². The van der Waals surface area contributed by atoms with Crippen LogP contribution in [0.25, 0.3) is 0 Å². The standard InChI is InChI=1S/C28H35N3O9S2/c1-3-37-24(32)15-29-25(33)22(30-27(35)39-16-20-11-7-5-8-12-20)18-41-42-19-23(26(34)38-4-2)31-28(36)40-17-21-13-9-6-10-14-21/h5-14,22-23H,3-4,15-19H2,1-2H3,(H,29,33)(H,30,35)(H,31,36)/t22-,23+/m1/s1. The normalized spacial score (nSPS) is 11.8. The number of amides is 3. The average molecular weight is 622 g/mol. The maximum absolute atomic E-state index is 12.8. The molecule has 2 aromatic carbocycles. The van der Waals surface area contributed by atoms with Gasteiger partial charge in [0.1, 0.15) is 31.8 Å². The summed E-state index contributed by atoms with van der Waals surface area (Å²) in [4.78, 5) is 61.6. The summed E-state index contributed by atoms with van der Waals surface area (Å²) in [7, 11) is 2.33. The summed E-state index contributed by atoms with van der Waals surface area (Å²) in [6, 6.07) is 16.0. The third kappa shape index (κ3) is 14.1. The highest BCUT2D eigenvalue weighted by atomic mass is 33.1. The monoisotopic (exact) mass is 621 g/mol. The highest BCUT2D eigenvalue weighted by molar-refractivity contribution is 8.76. The van der Waals surface area contributed by atoms with Gasteiger partial charge in [0.15, 0.2) is 0 Å². The third-order valence-electron chi connectivity index (χ3n) is 5.16. The van der Waals surface area contributed by atoms with Crippen molar-refractivity contribution in [2.24, 2.45) is 0 Å². The van der Waals surface area contributed by atoms with Crippen molar-refractivity contribution in [3.05, 3.63) is 71.8 Å². The quantitative estimate of drug-likeness (QED) is 0.103. The lowest BCUT2D eigenvalue weighted by Crippen LogP contribution is -2.49. The van der Waals surface area contributed by atoms with Gasteiger partial charge in [-0.05, 0) is 25.0 Å². The van der Waals surface area contributed by atoms with Crippen LogP contribution in [0.1, 0.15) is 25.0 Å². The van der Waals surface area contributed by atoms with Crippen LogP contribution in [-0.4, -0.2) is 73.4 Å². The van der Waals surface area contributed by atoms with Crippen molar-refractivity contribution in [1.29, 1.82) is 0 Å². The van der Waals surface area contributed by atoms with Crippen molar-refractivity contribution in [1.82, 2.24) is 16.0 Å². The Morgan fingerprint density at radius 3 is 1.64 bits per heavy atom. The number of nitrogens with one attached hydrogen (secondary N) is 3. The zero-order valence-corrected chi connectivity index (χ0v) is 25.0. The lowest BCUT2D eigenvalue weighted by Gasteiger charge is -2.19. The van der Waals surface area contributed by atoms with Crippen LogP contribution >= 0.6 is 21.6 Å². The van der Waals surface area contributed by atoms with E-state index >= 15 is 0 Å². The topological polar surface area (TPSA) is 158 Å². The van der Waals surface area contributed by atoms with E-state index < -0.39 is 42.1 Å². The van der Waals surface area contributed by atoms with Gasteiger partial charge in [0.05, 0.1) is 13.2 Å². The van der Waals surface area contributed by atoms with E-state index in [2.05, 4.69) is 16.0 Å². The van der Waals surface area contributed by atoms with Crippen LogP contribution in [-0.2, 0) is 46.5 Å². The van der Waals surface area contributed by atoms with Gasteiger partial charge < -0.3 is 34.9 Å². The number of hydrogen-bond acceptors (Lipinski definition) is 11. The van der Waals surface area contributed by atoms with E-state index in [1.165, 1.54) is 10.8 Å². The number of esters is 2. The zero-order valence-electron chi connectivity index (χ0n) is 23.4. The van der Waals surface area contributed by atoms with Crippen LogP contribution in [0.5, 0.6) is 0 Å². The Kier molecular flexibility index (Phi) is 16.4. The van der Waals surface area contributed by atoms with Gasteiger partial charge in [-0.3, -0.25) is 9.59 Å². The first-order valence-electron chi connectivity index (χ1n) is 13.1. The Hall–Kier alpha value is -3.91. The van der Waals surface area contributed by atoms with Crippen molar-refractivity contribution in [2.75, 3.05) is 31.3 Å². The van der Waals surface area contributed by atoms with E-state index in [0.717, 1.165) is 21.9 Å². The Morgan fingerprint density at radius 1 is 0.667 bits per heavy atom. The fraction of sp³-hybridized carbons (Fsp3) is 0.393. The second-order valence-corrected chi connectivity index (χ2v) is 10.9. The minimum absolute atomic E-state index is 0.000999. The van der Waals surface area contributed by atoms with Gasteiger partial charge >= 0.3 is 24.1 Å². The number of carbonyl (C=O) groups excluding carboxylic acids is 5.